The first kappa shape index (κ1) is 21.7. The second-order valence-electron chi connectivity index (χ2n) is 8.20. The van der Waals surface area contributed by atoms with Gasteiger partial charge in [-0.05, 0) is 57.0 Å². The van der Waals surface area contributed by atoms with Gasteiger partial charge >= 0.3 is 0 Å². The average molecular weight is 436 g/mol. The predicted octanol–water partition coefficient (Wildman–Crippen LogP) is 4.37. The Morgan fingerprint density at radius 1 is 1.16 bits per heavy atom. The molecular formula is C24H24N2O6. The van der Waals surface area contributed by atoms with Crippen LogP contribution in [0.1, 0.15) is 53.6 Å². The summed E-state index contributed by atoms with van der Waals surface area (Å²) in [5.41, 5.74) is 1.83. The number of ether oxygens (including phenoxy) is 1. The van der Waals surface area contributed by atoms with Crippen molar-refractivity contribution in [2.45, 2.75) is 39.3 Å². The van der Waals surface area contributed by atoms with Gasteiger partial charge in [0.15, 0.2) is 5.43 Å². The summed E-state index contributed by atoms with van der Waals surface area (Å²) in [6, 6.07) is 10.5. The number of fused-ring (bicyclic) bond motifs is 2. The standard InChI is InChI=1S/C24H24N2O6/c1-14(2)31-12-4-11-25-21(16-6-8-17(9-7-16)26(29)30)20-22(27)18-13-15(3)5-10-19(18)32-23(20)24(25)28/h5-10,13-14,21H,4,11-12H2,1-3H3/t21-/m1/s1. The first-order valence-corrected chi connectivity index (χ1v) is 10.5. The van der Waals surface area contributed by atoms with Gasteiger partial charge in [-0.3, -0.25) is 19.7 Å². The summed E-state index contributed by atoms with van der Waals surface area (Å²) in [4.78, 5) is 38.9. The van der Waals surface area contributed by atoms with Gasteiger partial charge in [-0.2, -0.15) is 0 Å². The summed E-state index contributed by atoms with van der Waals surface area (Å²) >= 11 is 0. The van der Waals surface area contributed by atoms with Crippen molar-refractivity contribution in [2.75, 3.05) is 13.2 Å². The van der Waals surface area contributed by atoms with Crippen molar-refractivity contribution in [3.8, 4) is 0 Å². The molecule has 0 fully saturated rings. The zero-order valence-electron chi connectivity index (χ0n) is 18.2. The lowest BCUT2D eigenvalue weighted by atomic mass is 9.98. The highest BCUT2D eigenvalue weighted by Crippen LogP contribution is 2.38. The predicted molar refractivity (Wildman–Crippen MR) is 119 cm³/mol. The van der Waals surface area contributed by atoms with Crippen molar-refractivity contribution in [3.05, 3.63) is 85.3 Å². The van der Waals surface area contributed by atoms with Gasteiger partial charge in [0.05, 0.1) is 28.0 Å². The van der Waals surface area contributed by atoms with Gasteiger partial charge in [0, 0.05) is 25.3 Å². The smallest absolute Gasteiger partial charge is 0.290 e. The minimum absolute atomic E-state index is 0.0273. The van der Waals surface area contributed by atoms with Crippen molar-refractivity contribution in [1.29, 1.82) is 0 Å². The molecule has 3 aromatic rings. The summed E-state index contributed by atoms with van der Waals surface area (Å²) in [6.07, 6.45) is 0.650. The van der Waals surface area contributed by atoms with Crippen LogP contribution in [0.15, 0.2) is 51.7 Å². The molecule has 0 bridgehead atoms. The van der Waals surface area contributed by atoms with E-state index in [-0.39, 0.29) is 34.5 Å². The highest BCUT2D eigenvalue weighted by Gasteiger charge is 2.42. The molecule has 1 aliphatic rings. The summed E-state index contributed by atoms with van der Waals surface area (Å²) in [7, 11) is 0. The lowest BCUT2D eigenvalue weighted by molar-refractivity contribution is -0.384. The molecule has 0 radical (unpaired) electrons. The Morgan fingerprint density at radius 2 is 1.88 bits per heavy atom. The number of aryl methyl sites for hydroxylation is 1. The molecule has 0 unspecified atom stereocenters. The molecule has 1 amide bonds. The molecule has 166 valence electrons. The summed E-state index contributed by atoms with van der Waals surface area (Å²) in [5, 5.41) is 11.5. The van der Waals surface area contributed by atoms with Crippen molar-refractivity contribution in [1.82, 2.24) is 4.90 Å². The molecule has 1 atom stereocenters. The molecule has 0 saturated carbocycles. The average Bonchev–Trinajstić information content (AvgIpc) is 3.04. The normalized spacial score (nSPS) is 15.6. The number of benzene rings is 2. The third-order valence-electron chi connectivity index (χ3n) is 5.54. The van der Waals surface area contributed by atoms with Crippen LogP contribution < -0.4 is 5.43 Å². The Bertz CT molecular complexity index is 1250. The number of rotatable bonds is 7. The Morgan fingerprint density at radius 3 is 2.53 bits per heavy atom. The largest absolute Gasteiger partial charge is 0.450 e. The third-order valence-corrected chi connectivity index (χ3v) is 5.54. The van der Waals surface area contributed by atoms with E-state index in [1.54, 1.807) is 29.2 Å². The molecule has 32 heavy (non-hydrogen) atoms. The number of carbonyl (C=O) groups excluding carboxylic acids is 1. The SMILES string of the molecule is Cc1ccc2oc3c(c(=O)c2c1)[C@@H](c1ccc([N+](=O)[O-])cc1)N(CCCOC(C)C)C3=O. The van der Waals surface area contributed by atoms with Crippen molar-refractivity contribution >= 4 is 22.6 Å². The molecule has 2 aromatic carbocycles. The van der Waals surface area contributed by atoms with Crippen LogP contribution in [0.2, 0.25) is 0 Å². The van der Waals surface area contributed by atoms with Gasteiger partial charge in [0.1, 0.15) is 5.58 Å². The van der Waals surface area contributed by atoms with Crippen LogP contribution in [0.4, 0.5) is 5.69 Å². The molecule has 4 rings (SSSR count). The fraction of sp³-hybridized carbons (Fsp3) is 0.333. The van der Waals surface area contributed by atoms with Crippen molar-refractivity contribution in [3.63, 3.8) is 0 Å². The van der Waals surface area contributed by atoms with Crippen LogP contribution in [-0.4, -0.2) is 35.0 Å². The third kappa shape index (κ3) is 3.89. The van der Waals surface area contributed by atoms with E-state index in [1.165, 1.54) is 12.1 Å². The highest BCUT2D eigenvalue weighted by molar-refractivity contribution is 5.99. The van der Waals surface area contributed by atoms with Gasteiger partial charge in [0.2, 0.25) is 5.76 Å². The van der Waals surface area contributed by atoms with E-state index in [0.717, 1.165) is 5.56 Å². The van der Waals surface area contributed by atoms with Gasteiger partial charge in [-0.15, -0.1) is 0 Å². The van der Waals surface area contributed by atoms with Crippen molar-refractivity contribution < 1.29 is 18.9 Å². The Kier molecular flexibility index (Phi) is 5.80. The maximum atomic E-state index is 13.5. The number of nitro benzene ring substituents is 1. The molecule has 0 saturated heterocycles. The van der Waals surface area contributed by atoms with Crippen molar-refractivity contribution in [2.24, 2.45) is 0 Å². The minimum atomic E-state index is -0.682. The summed E-state index contributed by atoms with van der Waals surface area (Å²) < 4.78 is 11.5. The molecule has 1 aliphatic heterocycles. The lowest BCUT2D eigenvalue weighted by Gasteiger charge is -2.25. The van der Waals surface area contributed by atoms with E-state index in [2.05, 4.69) is 0 Å². The molecule has 8 heteroatoms. The minimum Gasteiger partial charge on any atom is -0.450 e. The Labute approximate surface area is 184 Å². The zero-order valence-corrected chi connectivity index (χ0v) is 18.2. The van der Waals surface area contributed by atoms with E-state index in [9.17, 15) is 19.7 Å². The van der Waals surface area contributed by atoms with E-state index < -0.39 is 11.0 Å². The van der Waals surface area contributed by atoms with E-state index in [1.807, 2.05) is 26.8 Å². The zero-order chi connectivity index (χ0) is 23.0. The first-order valence-electron chi connectivity index (χ1n) is 10.5. The fourth-order valence-corrected chi connectivity index (χ4v) is 4.04. The van der Waals surface area contributed by atoms with Crippen LogP contribution in [0.25, 0.3) is 11.0 Å². The number of nitrogens with zero attached hydrogens (tertiary/aromatic N) is 2. The Balaban J connectivity index is 1.81. The summed E-state index contributed by atoms with van der Waals surface area (Å²) in [5.74, 6) is -0.341. The molecule has 0 aliphatic carbocycles. The topological polar surface area (TPSA) is 103 Å². The van der Waals surface area contributed by atoms with Crippen LogP contribution >= 0.6 is 0 Å². The van der Waals surface area contributed by atoms with Gasteiger partial charge in [-0.25, -0.2) is 0 Å². The Hall–Kier alpha value is -3.52. The molecular weight excluding hydrogens is 412 g/mol. The number of amides is 1. The fourth-order valence-electron chi connectivity index (χ4n) is 4.04. The number of carbonyl (C=O) groups is 1. The van der Waals surface area contributed by atoms with Gasteiger partial charge in [-0.1, -0.05) is 11.6 Å². The molecule has 1 aromatic heterocycles. The second-order valence-corrected chi connectivity index (χ2v) is 8.20. The first-order chi connectivity index (χ1) is 15.3. The maximum Gasteiger partial charge on any atom is 0.290 e. The van der Waals surface area contributed by atoms with Gasteiger partial charge in [0.25, 0.3) is 11.6 Å². The van der Waals surface area contributed by atoms with Crippen LogP contribution in [0.3, 0.4) is 0 Å². The number of hydrogen-bond donors (Lipinski definition) is 0. The summed E-state index contributed by atoms with van der Waals surface area (Å²) in [6.45, 7) is 6.57. The molecule has 0 N–H and O–H groups in total. The van der Waals surface area contributed by atoms with Crippen LogP contribution in [0, 0.1) is 17.0 Å². The van der Waals surface area contributed by atoms with E-state index in [0.29, 0.717) is 36.1 Å². The number of non-ortho nitro benzene ring substituents is 1. The quantitative estimate of drug-likeness (QED) is 0.310. The number of nitro groups is 1. The molecule has 8 nitrogen and oxygen atoms in total. The van der Waals surface area contributed by atoms with Crippen LogP contribution in [0.5, 0.6) is 0 Å². The number of hydrogen-bond acceptors (Lipinski definition) is 6. The van der Waals surface area contributed by atoms with Crippen LogP contribution in [-0.2, 0) is 4.74 Å². The maximum absolute atomic E-state index is 13.5. The monoisotopic (exact) mass is 436 g/mol. The highest BCUT2D eigenvalue weighted by atomic mass is 16.6. The lowest BCUT2D eigenvalue weighted by Crippen LogP contribution is -2.31. The van der Waals surface area contributed by atoms with E-state index >= 15 is 0 Å². The molecule has 2 heterocycles. The second kappa shape index (κ2) is 8.55. The van der Waals surface area contributed by atoms with E-state index in [4.69, 9.17) is 9.15 Å². The molecule has 0 spiro atoms. The van der Waals surface area contributed by atoms with Gasteiger partial charge < -0.3 is 14.1 Å².